The Kier molecular flexibility index (Phi) is 5.46. The smallest absolute Gasteiger partial charge is 0.342 e. The maximum absolute atomic E-state index is 12.2. The molecule has 1 aromatic carbocycles. The van der Waals surface area contributed by atoms with E-state index in [0.717, 1.165) is 22.9 Å². The minimum atomic E-state index is -0.308. The van der Waals surface area contributed by atoms with E-state index >= 15 is 0 Å². The summed E-state index contributed by atoms with van der Waals surface area (Å²) >= 11 is 3.49. The van der Waals surface area contributed by atoms with Crippen molar-refractivity contribution < 1.29 is 14.3 Å². The number of benzene rings is 1. The monoisotopic (exact) mass is 340 g/mol. The number of aryl methyl sites for hydroxylation is 1. The molecule has 0 aliphatic heterocycles. The van der Waals surface area contributed by atoms with Crippen LogP contribution in [0, 0.1) is 6.92 Å². The van der Waals surface area contributed by atoms with Crippen molar-refractivity contribution in [1.82, 2.24) is 0 Å². The summed E-state index contributed by atoms with van der Waals surface area (Å²) in [5, 5.41) is 0. The molecule has 0 heterocycles. The Labute approximate surface area is 128 Å². The average Bonchev–Trinajstić information content (AvgIpc) is 2.44. The summed E-state index contributed by atoms with van der Waals surface area (Å²) in [6.07, 6.45) is 5.99. The van der Waals surface area contributed by atoms with Gasteiger partial charge in [-0.05, 0) is 67.1 Å². The lowest BCUT2D eigenvalue weighted by atomic mass is 9.97. The lowest BCUT2D eigenvalue weighted by molar-refractivity contribution is 0.0515. The normalized spacial score (nSPS) is 15.9. The summed E-state index contributed by atoms with van der Waals surface area (Å²) in [4.78, 5) is 12.2. The van der Waals surface area contributed by atoms with Gasteiger partial charge in [-0.2, -0.15) is 0 Å². The van der Waals surface area contributed by atoms with Crippen molar-refractivity contribution >= 4 is 21.9 Å². The van der Waals surface area contributed by atoms with E-state index in [1.165, 1.54) is 19.3 Å². The quantitative estimate of drug-likeness (QED) is 0.748. The van der Waals surface area contributed by atoms with E-state index in [0.29, 0.717) is 17.9 Å². The minimum Gasteiger partial charge on any atom is -0.488 e. The number of ether oxygens (including phenoxy) is 2. The number of hydrogen-bond donors (Lipinski definition) is 0. The third-order valence-corrected chi connectivity index (χ3v) is 4.26. The van der Waals surface area contributed by atoms with E-state index in [2.05, 4.69) is 15.9 Å². The maximum atomic E-state index is 12.2. The topological polar surface area (TPSA) is 35.5 Å². The first-order chi connectivity index (χ1) is 9.63. The second kappa shape index (κ2) is 7.11. The van der Waals surface area contributed by atoms with Crippen LogP contribution < -0.4 is 4.74 Å². The van der Waals surface area contributed by atoms with Crippen LogP contribution in [0.25, 0.3) is 0 Å². The molecule has 1 aliphatic carbocycles. The Morgan fingerprint density at radius 2 is 2.00 bits per heavy atom. The summed E-state index contributed by atoms with van der Waals surface area (Å²) in [7, 11) is 0. The average molecular weight is 341 g/mol. The first kappa shape index (κ1) is 15.4. The van der Waals surface area contributed by atoms with Gasteiger partial charge in [-0.3, -0.25) is 0 Å². The van der Waals surface area contributed by atoms with Crippen molar-refractivity contribution in [3.05, 3.63) is 27.7 Å². The van der Waals surface area contributed by atoms with Crippen LogP contribution in [-0.4, -0.2) is 18.7 Å². The summed E-state index contributed by atoms with van der Waals surface area (Å²) in [5.74, 6) is 0.326. The Bertz CT molecular complexity index is 479. The zero-order valence-corrected chi connectivity index (χ0v) is 13.7. The molecule has 1 aliphatic rings. The Morgan fingerprint density at radius 3 is 2.65 bits per heavy atom. The molecule has 2 rings (SSSR count). The molecule has 1 aromatic rings. The molecule has 0 saturated heterocycles. The summed E-state index contributed by atoms with van der Waals surface area (Å²) in [6.45, 7) is 4.09. The minimum absolute atomic E-state index is 0.204. The lowest BCUT2D eigenvalue weighted by Crippen LogP contribution is -2.22. The molecular formula is C16H21BrO3. The zero-order chi connectivity index (χ0) is 14.5. The van der Waals surface area contributed by atoms with E-state index in [1.807, 2.05) is 26.0 Å². The number of esters is 1. The van der Waals surface area contributed by atoms with Crippen LogP contribution in [-0.2, 0) is 4.74 Å². The number of hydrogen-bond acceptors (Lipinski definition) is 3. The lowest BCUT2D eigenvalue weighted by Gasteiger charge is -2.25. The van der Waals surface area contributed by atoms with Gasteiger partial charge in [-0.15, -0.1) is 0 Å². The molecule has 1 fully saturated rings. The van der Waals surface area contributed by atoms with Crippen molar-refractivity contribution in [2.75, 3.05) is 6.61 Å². The van der Waals surface area contributed by atoms with Gasteiger partial charge in [0.25, 0.3) is 0 Å². The molecule has 110 valence electrons. The van der Waals surface area contributed by atoms with Crippen LogP contribution in [0.2, 0.25) is 0 Å². The number of carbonyl (C=O) groups excluding carboxylic acids is 1. The predicted molar refractivity (Wildman–Crippen MR) is 82.3 cm³/mol. The van der Waals surface area contributed by atoms with E-state index < -0.39 is 0 Å². The highest BCUT2D eigenvalue weighted by molar-refractivity contribution is 9.10. The molecule has 0 radical (unpaired) electrons. The van der Waals surface area contributed by atoms with Crippen LogP contribution in [0.4, 0.5) is 0 Å². The maximum Gasteiger partial charge on any atom is 0.342 e. The van der Waals surface area contributed by atoms with Gasteiger partial charge in [0.2, 0.25) is 0 Å². The van der Waals surface area contributed by atoms with Gasteiger partial charge in [0.05, 0.1) is 17.2 Å². The van der Waals surface area contributed by atoms with Crippen LogP contribution in [0.15, 0.2) is 16.6 Å². The van der Waals surface area contributed by atoms with Gasteiger partial charge in [0.15, 0.2) is 0 Å². The number of rotatable bonds is 4. The van der Waals surface area contributed by atoms with Crippen molar-refractivity contribution in [2.45, 2.75) is 52.1 Å². The third-order valence-electron chi connectivity index (χ3n) is 3.63. The largest absolute Gasteiger partial charge is 0.488 e. The third kappa shape index (κ3) is 3.54. The SMILES string of the molecule is CCOC(=O)c1c(C)ccc(Br)c1OC1CCCCC1. The number of carbonyl (C=O) groups is 1. The molecule has 3 nitrogen and oxygen atoms in total. The van der Waals surface area contributed by atoms with Crippen molar-refractivity contribution in [3.8, 4) is 5.75 Å². The molecule has 0 aromatic heterocycles. The van der Waals surface area contributed by atoms with Gasteiger partial charge in [0, 0.05) is 0 Å². The number of halogens is 1. The fourth-order valence-corrected chi connectivity index (χ4v) is 3.00. The van der Waals surface area contributed by atoms with Crippen LogP contribution in [0.5, 0.6) is 5.75 Å². The standard InChI is InChI=1S/C16H21BrO3/c1-3-19-16(18)14-11(2)9-10-13(17)15(14)20-12-7-5-4-6-8-12/h9-10,12H,3-8H2,1-2H3. The molecule has 0 spiro atoms. The van der Waals surface area contributed by atoms with Crippen LogP contribution in [0.3, 0.4) is 0 Å². The molecule has 1 saturated carbocycles. The Balaban J connectivity index is 2.29. The fourth-order valence-electron chi connectivity index (χ4n) is 2.58. The van der Waals surface area contributed by atoms with Crippen molar-refractivity contribution in [3.63, 3.8) is 0 Å². The summed E-state index contributed by atoms with van der Waals surface area (Å²) in [5.41, 5.74) is 1.43. The van der Waals surface area contributed by atoms with E-state index in [-0.39, 0.29) is 12.1 Å². The molecular weight excluding hydrogens is 320 g/mol. The van der Waals surface area contributed by atoms with E-state index in [4.69, 9.17) is 9.47 Å². The van der Waals surface area contributed by atoms with Gasteiger partial charge in [-0.1, -0.05) is 12.5 Å². The van der Waals surface area contributed by atoms with Crippen molar-refractivity contribution in [1.29, 1.82) is 0 Å². The van der Waals surface area contributed by atoms with Crippen LogP contribution in [0.1, 0.15) is 54.9 Å². The molecule has 0 bridgehead atoms. The van der Waals surface area contributed by atoms with Gasteiger partial charge < -0.3 is 9.47 Å². The summed E-state index contributed by atoms with van der Waals surface area (Å²) < 4.78 is 12.1. The van der Waals surface area contributed by atoms with Gasteiger partial charge in [-0.25, -0.2) is 4.79 Å². The van der Waals surface area contributed by atoms with Crippen LogP contribution >= 0.6 is 15.9 Å². The molecule has 0 amide bonds. The first-order valence-corrected chi connectivity index (χ1v) is 8.05. The highest BCUT2D eigenvalue weighted by atomic mass is 79.9. The van der Waals surface area contributed by atoms with Crippen molar-refractivity contribution in [2.24, 2.45) is 0 Å². The highest BCUT2D eigenvalue weighted by Crippen LogP contribution is 2.35. The highest BCUT2D eigenvalue weighted by Gasteiger charge is 2.23. The molecule has 0 atom stereocenters. The summed E-state index contributed by atoms with van der Waals surface area (Å²) in [6, 6.07) is 3.83. The van der Waals surface area contributed by atoms with Gasteiger partial charge in [0.1, 0.15) is 11.3 Å². The van der Waals surface area contributed by atoms with Gasteiger partial charge >= 0.3 is 5.97 Å². The Hall–Kier alpha value is -1.03. The Morgan fingerprint density at radius 1 is 1.30 bits per heavy atom. The molecule has 20 heavy (non-hydrogen) atoms. The fraction of sp³-hybridized carbons (Fsp3) is 0.562. The molecule has 0 N–H and O–H groups in total. The molecule has 0 unspecified atom stereocenters. The first-order valence-electron chi connectivity index (χ1n) is 7.26. The van der Waals surface area contributed by atoms with E-state index in [9.17, 15) is 4.79 Å². The van der Waals surface area contributed by atoms with E-state index in [1.54, 1.807) is 0 Å². The predicted octanol–water partition coefficient (Wildman–Crippen LogP) is 4.65. The second-order valence-corrected chi connectivity index (χ2v) is 6.02. The zero-order valence-electron chi connectivity index (χ0n) is 12.1. The molecule has 4 heteroatoms. The second-order valence-electron chi connectivity index (χ2n) is 5.17.